The van der Waals surface area contributed by atoms with Gasteiger partial charge in [-0.2, -0.15) is 0 Å². The van der Waals surface area contributed by atoms with E-state index < -0.39 is 0 Å². The van der Waals surface area contributed by atoms with Crippen molar-refractivity contribution in [3.05, 3.63) is 327 Å². The van der Waals surface area contributed by atoms with E-state index in [0.717, 1.165) is 89.0 Å². The second kappa shape index (κ2) is 27.2. The molecule has 0 spiro atoms. The minimum absolute atomic E-state index is 0. The standard InChI is InChI=1S/2C30H22O.2C6H5N.W/c2*31-30-28(24-17-9-3-10-18-24)26(22-13-5-1-6-14-22)21-27(23-15-7-2-8-16-23)29(30)25-19-11-4-12-20-25;2*7-6-4-2-1-3-5-6;/h2*1-21,31H;2*1-5H;/q;;;;+2/p-2. The molecule has 368 valence electrons. The van der Waals surface area contributed by atoms with E-state index in [-0.39, 0.29) is 32.6 Å². The van der Waals surface area contributed by atoms with Gasteiger partial charge in [0.15, 0.2) is 0 Å². The molecule has 0 N–H and O–H groups in total. The van der Waals surface area contributed by atoms with Crippen molar-refractivity contribution in [1.29, 1.82) is 0 Å². The Balaban J connectivity index is 0.000000161. The predicted molar refractivity (Wildman–Crippen MR) is 317 cm³/mol. The Morgan fingerprint density at radius 3 is 0.610 bits per heavy atom. The molecular formula is C72H52N2O2W. The molecule has 0 amide bonds. The summed E-state index contributed by atoms with van der Waals surface area (Å²) in [6, 6.07) is 84.9. The van der Waals surface area contributed by atoms with Gasteiger partial charge in [0.1, 0.15) is 0 Å². The maximum Gasteiger partial charge on any atom is 2.00 e. The van der Waals surface area contributed by atoms with Crippen LogP contribution in [-0.2, 0) is 21.1 Å². The molecule has 4 nitrogen and oxygen atoms in total. The molecule has 0 saturated heterocycles. The molecule has 0 fully saturated rings. The number of benzene rings is 10. The topological polar surface area (TPSA) is 90.7 Å². The summed E-state index contributed by atoms with van der Waals surface area (Å²) in [4.78, 5) is 0. The van der Waals surface area contributed by atoms with Crippen molar-refractivity contribution in [2.75, 3.05) is 0 Å². The molecule has 0 aromatic heterocycles. The summed E-state index contributed by atoms with van der Waals surface area (Å²) < 4.78 is 0. The number of rotatable bonds is 8. The van der Waals surface area contributed by atoms with Crippen molar-refractivity contribution in [3.8, 4) is 101 Å². The van der Waals surface area contributed by atoms with E-state index in [1.807, 2.05) is 206 Å². The molecule has 2 aliphatic carbocycles. The molecule has 0 aliphatic heterocycles. The van der Waals surface area contributed by atoms with Crippen LogP contribution in [0.25, 0.3) is 99.8 Å². The molecule has 0 unspecified atom stereocenters. The molecule has 5 heteroatoms. The maximum atomic E-state index is 14.2. The van der Waals surface area contributed by atoms with Gasteiger partial charge in [-0.1, -0.05) is 254 Å². The molecule has 0 atom stereocenters. The first-order chi connectivity index (χ1) is 37.4. The van der Waals surface area contributed by atoms with Crippen molar-refractivity contribution in [3.63, 3.8) is 0 Å². The normalized spacial score (nSPS) is 11.7. The Kier molecular flexibility index (Phi) is 19.0. The van der Waals surface area contributed by atoms with Gasteiger partial charge in [0, 0.05) is 61.4 Å². The van der Waals surface area contributed by atoms with E-state index in [0.29, 0.717) is 11.4 Å². The third-order valence-corrected chi connectivity index (χ3v) is 12.7. The average Bonchev–Trinajstić information content (AvgIpc) is 3.49. The molecule has 77 heavy (non-hydrogen) atoms. The zero-order valence-electron chi connectivity index (χ0n) is 42.1. The van der Waals surface area contributed by atoms with Crippen molar-refractivity contribution >= 4 is 11.4 Å². The zero-order chi connectivity index (χ0) is 52.3. The maximum absolute atomic E-state index is 14.2. The Morgan fingerprint density at radius 2 is 0.455 bits per heavy atom. The molecule has 12 rings (SSSR count). The molecule has 10 aromatic rings. The fraction of sp³-hybridized carbons (Fsp3) is 0. The molecular weight excluding hydrogens is 1110 g/mol. The number of hydrogen-bond donors (Lipinski definition) is 0. The van der Waals surface area contributed by atoms with Gasteiger partial charge >= 0.3 is 21.1 Å². The van der Waals surface area contributed by atoms with Gasteiger partial charge in [-0.25, -0.2) is 0 Å². The van der Waals surface area contributed by atoms with E-state index in [9.17, 15) is 10.2 Å². The fourth-order valence-corrected chi connectivity index (χ4v) is 9.12. The van der Waals surface area contributed by atoms with Crippen LogP contribution in [0.4, 0.5) is 0 Å². The van der Waals surface area contributed by atoms with E-state index >= 15 is 0 Å². The second-order valence-electron chi connectivity index (χ2n) is 17.7. The quantitative estimate of drug-likeness (QED) is 0.142. The monoisotopic (exact) mass is 1160 g/mol. The van der Waals surface area contributed by atoms with Gasteiger partial charge in [0.05, 0.1) is 0 Å². The molecule has 0 saturated carbocycles. The van der Waals surface area contributed by atoms with Crippen molar-refractivity contribution in [2.45, 2.75) is 0 Å². The predicted octanol–water partition coefficient (Wildman–Crippen LogP) is 17.5. The minimum Gasteiger partial charge on any atom is -0.872 e. The number of allylic oxidation sites excluding steroid dienone is 8. The van der Waals surface area contributed by atoms with Crippen LogP contribution in [0, 0.1) is 12.8 Å². The van der Waals surface area contributed by atoms with Crippen LogP contribution in [0.5, 0.6) is 11.5 Å². The Labute approximate surface area is 467 Å². The first-order valence-electron chi connectivity index (χ1n) is 25.1. The van der Waals surface area contributed by atoms with E-state index in [1.54, 1.807) is 49.3 Å². The summed E-state index contributed by atoms with van der Waals surface area (Å²) in [7, 11) is 0. The minimum atomic E-state index is 0. The third-order valence-electron chi connectivity index (χ3n) is 12.7. The third kappa shape index (κ3) is 13.6. The Morgan fingerprint density at radius 1 is 0.260 bits per heavy atom. The van der Waals surface area contributed by atoms with Crippen LogP contribution in [0.1, 0.15) is 0 Å². The second-order valence-corrected chi connectivity index (χ2v) is 17.7. The average molecular weight is 1160 g/mol. The van der Waals surface area contributed by atoms with Gasteiger partial charge < -0.3 is 21.0 Å². The molecule has 2 aliphatic rings. The largest absolute Gasteiger partial charge is 2.00 e. The van der Waals surface area contributed by atoms with E-state index in [4.69, 9.17) is 10.8 Å². The molecule has 0 bridgehead atoms. The summed E-state index contributed by atoms with van der Waals surface area (Å²) in [5.74, 6) is 0.107. The molecule has 0 heterocycles. The summed E-state index contributed by atoms with van der Waals surface area (Å²) in [6.45, 7) is 0. The van der Waals surface area contributed by atoms with Crippen molar-refractivity contribution < 1.29 is 31.3 Å². The fourth-order valence-electron chi connectivity index (χ4n) is 9.12. The summed E-state index contributed by atoms with van der Waals surface area (Å²) in [6.07, 6.45) is 17.4. The van der Waals surface area contributed by atoms with Gasteiger partial charge in [0.2, 0.25) is 0 Å². The molecule has 10 aromatic carbocycles. The van der Waals surface area contributed by atoms with Crippen LogP contribution in [0.15, 0.2) is 303 Å². The Bertz CT molecular complexity index is 3190. The molecule has 0 radical (unpaired) electrons. The number of hydrogen-bond acceptors (Lipinski definition) is 2. The summed E-state index contributed by atoms with van der Waals surface area (Å²) in [5.41, 5.74) is 15.3. The SMILES string of the molecule is [N-]=C1C=CC=C[CH+]1.[N-]=C1C=CC=C[CH+]1.[O-]c1c(-c2ccccc2)c(-c2ccccc2)cc(-c2ccccc2)c1-c1ccccc1.[O-]c1c(-c2ccccc2)c(-c2ccccc2)cc(-c2ccccc2)c1-c1ccccc1.[W+2]. The zero-order valence-corrected chi connectivity index (χ0v) is 45.1. The van der Waals surface area contributed by atoms with Crippen LogP contribution in [0.3, 0.4) is 0 Å². The van der Waals surface area contributed by atoms with Crippen LogP contribution in [-0.4, -0.2) is 11.4 Å². The number of nitrogens with zero attached hydrogens (tertiary/aromatic N) is 2. The van der Waals surface area contributed by atoms with Gasteiger partial charge in [-0.05, 0) is 113 Å². The first kappa shape index (κ1) is 53.8. The Hall–Kier alpha value is -9.47. The van der Waals surface area contributed by atoms with Gasteiger partial charge in [0.25, 0.3) is 0 Å². The van der Waals surface area contributed by atoms with Crippen molar-refractivity contribution in [1.82, 2.24) is 0 Å². The smallest absolute Gasteiger partial charge is 0.872 e. The van der Waals surface area contributed by atoms with Crippen LogP contribution >= 0.6 is 0 Å². The van der Waals surface area contributed by atoms with E-state index in [2.05, 4.69) is 60.7 Å². The first-order valence-corrected chi connectivity index (χ1v) is 25.1. The van der Waals surface area contributed by atoms with Crippen LogP contribution < -0.4 is 10.2 Å². The summed E-state index contributed by atoms with van der Waals surface area (Å²) >= 11 is 0. The van der Waals surface area contributed by atoms with Crippen molar-refractivity contribution in [2.24, 2.45) is 0 Å². The van der Waals surface area contributed by atoms with Crippen LogP contribution in [0.2, 0.25) is 0 Å². The van der Waals surface area contributed by atoms with Gasteiger partial charge in [-0.3, -0.25) is 0 Å². The summed E-state index contributed by atoms with van der Waals surface area (Å²) in [5, 5.41) is 45.6. The van der Waals surface area contributed by atoms with E-state index in [1.165, 1.54) is 0 Å². The van der Waals surface area contributed by atoms with Gasteiger partial charge in [-0.15, -0.1) is 0 Å².